The molecular weight excluding hydrogens is 498 g/mol. The molecular formula is C22H21N3O10S. The number of hydrogen-bond donors (Lipinski definition) is 0. The van der Waals surface area contributed by atoms with E-state index in [0.29, 0.717) is 23.1 Å². The molecule has 0 fully saturated rings. The highest BCUT2D eigenvalue weighted by Gasteiger charge is 2.37. The molecule has 36 heavy (non-hydrogen) atoms. The molecule has 2 aromatic rings. The summed E-state index contributed by atoms with van der Waals surface area (Å²) in [6, 6.07) is 6.64. The zero-order valence-corrected chi connectivity index (χ0v) is 20.2. The molecule has 0 aliphatic carbocycles. The molecule has 0 N–H and O–H groups in total. The minimum absolute atomic E-state index is 0.0669. The van der Waals surface area contributed by atoms with Crippen LogP contribution in [0.3, 0.4) is 0 Å². The molecule has 0 aromatic heterocycles. The molecule has 0 saturated heterocycles. The van der Waals surface area contributed by atoms with Crippen molar-refractivity contribution in [2.75, 3.05) is 5.75 Å². The van der Waals surface area contributed by atoms with Crippen molar-refractivity contribution in [3.63, 3.8) is 0 Å². The minimum Gasteiger partial charge on any atom is -0.487 e. The standard InChI is InChI=1S/C22H21N3O10S/c1-12(11-36-21(27)13-6-15(24(30)31)8-16(7-13)25(32)33)20(26)34-19-10-22(2,3)35-18-5-4-14(23(28)29)9-17(18)19/h4-9,12,19H,10-11H2,1-3H3. The van der Waals surface area contributed by atoms with Crippen LogP contribution in [0.25, 0.3) is 0 Å². The lowest BCUT2D eigenvalue weighted by atomic mass is 9.91. The smallest absolute Gasteiger partial charge is 0.310 e. The summed E-state index contributed by atoms with van der Waals surface area (Å²) in [7, 11) is 0. The van der Waals surface area contributed by atoms with E-state index in [-0.39, 0.29) is 23.4 Å². The monoisotopic (exact) mass is 519 g/mol. The minimum atomic E-state index is -0.841. The van der Waals surface area contributed by atoms with Gasteiger partial charge in [0.2, 0.25) is 5.12 Å². The summed E-state index contributed by atoms with van der Waals surface area (Å²) in [5, 5.41) is 32.6. The van der Waals surface area contributed by atoms with Crippen LogP contribution in [-0.2, 0) is 9.53 Å². The van der Waals surface area contributed by atoms with Crippen LogP contribution < -0.4 is 4.74 Å². The van der Waals surface area contributed by atoms with Crippen LogP contribution in [-0.4, -0.2) is 37.2 Å². The predicted octanol–water partition coefficient (Wildman–Crippen LogP) is 4.77. The third-order valence-electron chi connectivity index (χ3n) is 5.30. The Kier molecular flexibility index (Phi) is 7.57. The van der Waals surface area contributed by atoms with Crippen molar-refractivity contribution in [1.29, 1.82) is 0 Å². The van der Waals surface area contributed by atoms with Crippen molar-refractivity contribution in [2.45, 2.75) is 38.9 Å². The summed E-state index contributed by atoms with van der Waals surface area (Å²) in [6.07, 6.45) is -0.581. The number of carbonyl (C=O) groups is 2. The van der Waals surface area contributed by atoms with Crippen LogP contribution >= 0.6 is 11.8 Å². The molecule has 0 amide bonds. The van der Waals surface area contributed by atoms with Gasteiger partial charge in [0.25, 0.3) is 17.1 Å². The Bertz CT molecular complexity index is 1230. The number of rotatable bonds is 8. The van der Waals surface area contributed by atoms with E-state index in [4.69, 9.17) is 9.47 Å². The SMILES string of the molecule is CC(CSC(=O)c1cc([N+](=O)[O-])cc([N+](=O)[O-])c1)C(=O)OC1CC(C)(C)Oc2ccc([N+](=O)[O-])cc21. The Balaban J connectivity index is 1.71. The van der Waals surface area contributed by atoms with Gasteiger partial charge in [0, 0.05) is 47.6 Å². The van der Waals surface area contributed by atoms with E-state index in [9.17, 15) is 39.9 Å². The Morgan fingerprint density at radius 3 is 2.17 bits per heavy atom. The van der Waals surface area contributed by atoms with Gasteiger partial charge < -0.3 is 9.47 Å². The topological polar surface area (TPSA) is 182 Å². The summed E-state index contributed by atoms with van der Waals surface area (Å²) in [4.78, 5) is 56.4. The maximum atomic E-state index is 12.8. The van der Waals surface area contributed by atoms with E-state index in [1.807, 2.05) is 0 Å². The fourth-order valence-electron chi connectivity index (χ4n) is 3.53. The summed E-state index contributed by atoms with van der Waals surface area (Å²) in [5.41, 5.74) is -1.98. The van der Waals surface area contributed by atoms with Gasteiger partial charge in [-0.05, 0) is 19.9 Å². The first-order chi connectivity index (χ1) is 16.8. The maximum absolute atomic E-state index is 12.8. The van der Waals surface area contributed by atoms with Gasteiger partial charge in [-0.15, -0.1) is 0 Å². The molecule has 1 aliphatic rings. The summed E-state index contributed by atoms with van der Waals surface area (Å²) < 4.78 is 11.5. The van der Waals surface area contributed by atoms with Crippen molar-refractivity contribution in [3.05, 3.63) is 77.9 Å². The lowest BCUT2D eigenvalue weighted by Crippen LogP contribution is -2.36. The first-order valence-electron chi connectivity index (χ1n) is 10.6. The number of benzene rings is 2. The fraction of sp³-hybridized carbons (Fsp3) is 0.364. The largest absolute Gasteiger partial charge is 0.487 e. The maximum Gasteiger partial charge on any atom is 0.310 e. The quantitative estimate of drug-likeness (QED) is 0.266. The molecule has 2 atom stereocenters. The van der Waals surface area contributed by atoms with Gasteiger partial charge in [-0.25, -0.2) is 0 Å². The molecule has 1 aliphatic heterocycles. The number of hydrogen-bond acceptors (Lipinski definition) is 11. The number of esters is 1. The first kappa shape index (κ1) is 26.5. The van der Waals surface area contributed by atoms with Gasteiger partial charge in [-0.2, -0.15) is 0 Å². The number of carbonyl (C=O) groups excluding carboxylic acids is 2. The molecule has 3 rings (SSSR count). The van der Waals surface area contributed by atoms with Gasteiger partial charge in [0.1, 0.15) is 17.5 Å². The highest BCUT2D eigenvalue weighted by Crippen LogP contribution is 2.43. The van der Waals surface area contributed by atoms with Crippen LogP contribution in [0.1, 0.15) is 49.2 Å². The van der Waals surface area contributed by atoms with Gasteiger partial charge in [0.05, 0.1) is 26.8 Å². The average molecular weight is 519 g/mol. The molecule has 0 radical (unpaired) electrons. The van der Waals surface area contributed by atoms with Crippen molar-refractivity contribution in [1.82, 2.24) is 0 Å². The molecule has 0 saturated carbocycles. The number of non-ortho nitro benzene ring substituents is 3. The highest BCUT2D eigenvalue weighted by molar-refractivity contribution is 8.14. The Morgan fingerprint density at radius 1 is 1.03 bits per heavy atom. The van der Waals surface area contributed by atoms with E-state index in [1.165, 1.54) is 25.1 Å². The number of fused-ring (bicyclic) bond motifs is 1. The van der Waals surface area contributed by atoms with Crippen LogP contribution in [0.2, 0.25) is 0 Å². The van der Waals surface area contributed by atoms with Gasteiger partial charge >= 0.3 is 5.97 Å². The van der Waals surface area contributed by atoms with Crippen LogP contribution in [0, 0.1) is 36.3 Å². The highest BCUT2D eigenvalue weighted by atomic mass is 32.2. The van der Waals surface area contributed by atoms with E-state index in [1.54, 1.807) is 13.8 Å². The molecule has 2 aromatic carbocycles. The van der Waals surface area contributed by atoms with Gasteiger partial charge in [0.15, 0.2) is 0 Å². The van der Waals surface area contributed by atoms with Crippen molar-refractivity contribution in [3.8, 4) is 5.75 Å². The fourth-order valence-corrected chi connectivity index (χ4v) is 4.35. The predicted molar refractivity (Wildman–Crippen MR) is 127 cm³/mol. The van der Waals surface area contributed by atoms with E-state index >= 15 is 0 Å². The van der Waals surface area contributed by atoms with E-state index < -0.39 is 54.9 Å². The van der Waals surface area contributed by atoms with E-state index in [0.717, 1.165) is 18.2 Å². The number of nitrogens with zero attached hydrogens (tertiary/aromatic N) is 3. The summed E-state index contributed by atoms with van der Waals surface area (Å²) >= 11 is 0.662. The third kappa shape index (κ3) is 6.13. The number of nitro groups is 3. The summed E-state index contributed by atoms with van der Waals surface area (Å²) in [5.74, 6) is -1.18. The van der Waals surface area contributed by atoms with Crippen molar-refractivity contribution >= 4 is 39.9 Å². The molecule has 0 bridgehead atoms. The molecule has 190 valence electrons. The first-order valence-corrected chi connectivity index (χ1v) is 11.5. The third-order valence-corrected chi connectivity index (χ3v) is 6.46. The van der Waals surface area contributed by atoms with Crippen molar-refractivity contribution in [2.24, 2.45) is 5.92 Å². The second kappa shape index (κ2) is 10.3. The summed E-state index contributed by atoms with van der Waals surface area (Å²) in [6.45, 7) is 5.08. The van der Waals surface area contributed by atoms with Crippen LogP contribution in [0.5, 0.6) is 5.75 Å². The molecule has 14 heteroatoms. The van der Waals surface area contributed by atoms with Gasteiger partial charge in [-0.1, -0.05) is 18.7 Å². The zero-order chi connectivity index (χ0) is 26.8. The Hall–Kier alpha value is -4.07. The number of nitro benzene ring substituents is 3. The Morgan fingerprint density at radius 2 is 1.61 bits per heavy atom. The van der Waals surface area contributed by atoms with Crippen LogP contribution in [0.15, 0.2) is 36.4 Å². The van der Waals surface area contributed by atoms with Crippen molar-refractivity contribution < 1.29 is 33.8 Å². The zero-order valence-electron chi connectivity index (χ0n) is 19.4. The Labute approximate surface area is 208 Å². The average Bonchev–Trinajstić information content (AvgIpc) is 2.80. The molecule has 13 nitrogen and oxygen atoms in total. The molecule has 1 heterocycles. The normalized spacial score (nSPS) is 16.7. The second-order valence-corrected chi connectivity index (χ2v) is 9.72. The second-order valence-electron chi connectivity index (χ2n) is 8.72. The number of ether oxygens (including phenoxy) is 2. The van der Waals surface area contributed by atoms with E-state index in [2.05, 4.69) is 0 Å². The van der Waals surface area contributed by atoms with Crippen LogP contribution in [0.4, 0.5) is 17.1 Å². The molecule has 2 unspecified atom stereocenters. The lowest BCUT2D eigenvalue weighted by molar-refractivity contribution is -0.394. The van der Waals surface area contributed by atoms with Gasteiger partial charge in [-0.3, -0.25) is 39.9 Å². The lowest BCUT2D eigenvalue weighted by Gasteiger charge is -2.37. The molecule has 0 spiro atoms. The number of thioether (sulfide) groups is 1.